The molecule has 6 heteroatoms. The summed E-state index contributed by atoms with van der Waals surface area (Å²) in [4.78, 5) is 12.3. The number of amides is 2. The monoisotopic (exact) mass is 336 g/mol. The third kappa shape index (κ3) is 3.80. The van der Waals surface area contributed by atoms with Crippen LogP contribution in [0.2, 0.25) is 0 Å². The van der Waals surface area contributed by atoms with Gasteiger partial charge in [-0.2, -0.15) is 5.10 Å². The quantitative estimate of drug-likeness (QED) is 0.755. The van der Waals surface area contributed by atoms with Crippen molar-refractivity contribution in [2.24, 2.45) is 7.05 Å². The summed E-state index contributed by atoms with van der Waals surface area (Å²) in [5, 5.41) is 9.89. The van der Waals surface area contributed by atoms with E-state index in [1.165, 1.54) is 0 Å². The first-order chi connectivity index (χ1) is 12.1. The van der Waals surface area contributed by atoms with Crippen LogP contribution in [0.5, 0.6) is 5.75 Å². The van der Waals surface area contributed by atoms with Crippen LogP contribution in [0, 0.1) is 6.92 Å². The molecule has 0 bridgehead atoms. The fraction of sp³-hybridized carbons (Fsp3) is 0.158. The fourth-order valence-electron chi connectivity index (χ4n) is 2.60. The number of ether oxygens (including phenoxy) is 1. The van der Waals surface area contributed by atoms with Gasteiger partial charge in [0.05, 0.1) is 18.5 Å². The Labute approximate surface area is 146 Å². The van der Waals surface area contributed by atoms with Gasteiger partial charge < -0.3 is 10.1 Å². The maximum Gasteiger partial charge on any atom is 0.325 e. The number of carbonyl (C=O) groups excluding carboxylic acids is 1. The lowest BCUT2D eigenvalue weighted by Gasteiger charge is -2.11. The van der Waals surface area contributed by atoms with Crippen molar-refractivity contribution >= 4 is 17.5 Å². The highest BCUT2D eigenvalue weighted by Gasteiger charge is 2.12. The first-order valence-corrected chi connectivity index (χ1v) is 7.89. The molecule has 25 heavy (non-hydrogen) atoms. The van der Waals surface area contributed by atoms with Gasteiger partial charge >= 0.3 is 6.03 Å². The smallest absolute Gasteiger partial charge is 0.325 e. The van der Waals surface area contributed by atoms with Gasteiger partial charge in [-0.3, -0.25) is 10.00 Å². The molecule has 0 saturated carbocycles. The fourth-order valence-corrected chi connectivity index (χ4v) is 2.60. The van der Waals surface area contributed by atoms with Gasteiger partial charge in [-0.15, -0.1) is 0 Å². The van der Waals surface area contributed by atoms with Gasteiger partial charge in [0.25, 0.3) is 0 Å². The Kier molecular flexibility index (Phi) is 4.70. The Hall–Kier alpha value is -3.28. The number of benzene rings is 2. The molecule has 0 aliphatic carbocycles. The third-order valence-electron chi connectivity index (χ3n) is 3.79. The molecular weight excluding hydrogens is 316 g/mol. The molecule has 128 valence electrons. The number of urea groups is 1. The second kappa shape index (κ2) is 7.09. The van der Waals surface area contributed by atoms with Gasteiger partial charge in [0.15, 0.2) is 5.82 Å². The van der Waals surface area contributed by atoms with Crippen molar-refractivity contribution in [1.82, 2.24) is 9.78 Å². The van der Waals surface area contributed by atoms with Crippen LogP contribution in [0.25, 0.3) is 11.3 Å². The van der Waals surface area contributed by atoms with E-state index in [0.717, 1.165) is 16.8 Å². The van der Waals surface area contributed by atoms with E-state index in [1.54, 1.807) is 11.8 Å². The van der Waals surface area contributed by atoms with E-state index >= 15 is 0 Å². The summed E-state index contributed by atoms with van der Waals surface area (Å²) in [6.45, 7) is 1.95. The number of nitrogens with one attached hydrogen (secondary N) is 2. The molecule has 0 radical (unpaired) electrons. The number of anilines is 2. The maximum atomic E-state index is 12.3. The first-order valence-electron chi connectivity index (χ1n) is 7.89. The first kappa shape index (κ1) is 16.6. The van der Waals surface area contributed by atoms with Crippen LogP contribution in [0.1, 0.15) is 5.56 Å². The number of methoxy groups -OCH3 is 1. The zero-order chi connectivity index (χ0) is 17.8. The van der Waals surface area contributed by atoms with Crippen LogP contribution in [-0.4, -0.2) is 22.9 Å². The second-order valence-corrected chi connectivity index (χ2v) is 5.69. The lowest BCUT2D eigenvalue weighted by atomic mass is 10.1. The molecule has 1 aromatic heterocycles. The van der Waals surface area contributed by atoms with Gasteiger partial charge in [-0.25, -0.2) is 4.79 Å². The normalized spacial score (nSPS) is 10.4. The molecular formula is C19H20N4O2. The Morgan fingerprint density at radius 2 is 1.84 bits per heavy atom. The summed E-state index contributed by atoms with van der Waals surface area (Å²) in [6, 6.07) is 16.9. The van der Waals surface area contributed by atoms with Crippen LogP contribution in [0.3, 0.4) is 0 Å². The Bertz CT molecular complexity index is 888. The molecule has 2 aromatic carbocycles. The molecule has 0 aliphatic heterocycles. The number of aromatic nitrogens is 2. The third-order valence-corrected chi connectivity index (χ3v) is 3.79. The molecule has 3 rings (SSSR count). The highest BCUT2D eigenvalue weighted by molar-refractivity contribution is 6.00. The molecule has 0 aliphatic rings. The van der Waals surface area contributed by atoms with Crippen molar-refractivity contribution in [2.75, 3.05) is 17.7 Å². The van der Waals surface area contributed by atoms with Crippen LogP contribution >= 0.6 is 0 Å². The number of carbonyl (C=O) groups is 1. The standard InChI is InChI=1S/C19H20N4O2/c1-13-9-10-17(25-3)15(11-13)20-19(24)21-18-12-16(23(2)22-18)14-7-5-4-6-8-14/h4-12H,1-3H3,(H2,20,21,22,24). The van der Waals surface area contributed by atoms with E-state index in [9.17, 15) is 4.79 Å². The maximum absolute atomic E-state index is 12.3. The molecule has 2 N–H and O–H groups in total. The summed E-state index contributed by atoms with van der Waals surface area (Å²) in [5.74, 6) is 1.08. The van der Waals surface area contributed by atoms with Crippen LogP contribution < -0.4 is 15.4 Å². The molecule has 6 nitrogen and oxygen atoms in total. The SMILES string of the molecule is COc1ccc(C)cc1NC(=O)Nc1cc(-c2ccccc2)n(C)n1. The topological polar surface area (TPSA) is 68.2 Å². The minimum Gasteiger partial charge on any atom is -0.495 e. The summed E-state index contributed by atoms with van der Waals surface area (Å²) < 4.78 is 7.00. The predicted octanol–water partition coefficient (Wildman–Crippen LogP) is 4.05. The van der Waals surface area contributed by atoms with Crippen molar-refractivity contribution in [2.45, 2.75) is 6.92 Å². The molecule has 0 saturated heterocycles. The van der Waals surface area contributed by atoms with E-state index in [-0.39, 0.29) is 6.03 Å². The lowest BCUT2D eigenvalue weighted by Crippen LogP contribution is -2.20. The van der Waals surface area contributed by atoms with Crippen LogP contribution in [-0.2, 0) is 7.05 Å². The number of hydrogen-bond acceptors (Lipinski definition) is 3. The van der Waals surface area contributed by atoms with Crippen LogP contribution in [0.15, 0.2) is 54.6 Å². The molecule has 1 heterocycles. The van der Waals surface area contributed by atoms with Gasteiger partial charge in [0.2, 0.25) is 0 Å². The predicted molar refractivity (Wildman–Crippen MR) is 99.0 cm³/mol. The molecule has 3 aromatic rings. The average molecular weight is 336 g/mol. The Morgan fingerprint density at radius 3 is 2.56 bits per heavy atom. The van der Waals surface area contributed by atoms with Gasteiger partial charge in [0.1, 0.15) is 5.75 Å². The van der Waals surface area contributed by atoms with E-state index < -0.39 is 0 Å². The minimum absolute atomic E-state index is 0.374. The van der Waals surface area contributed by atoms with Gasteiger partial charge in [0, 0.05) is 13.1 Å². The summed E-state index contributed by atoms with van der Waals surface area (Å²) in [7, 11) is 3.41. The van der Waals surface area contributed by atoms with Crippen LogP contribution in [0.4, 0.5) is 16.3 Å². The largest absolute Gasteiger partial charge is 0.495 e. The number of aryl methyl sites for hydroxylation is 2. The molecule has 0 spiro atoms. The zero-order valence-electron chi connectivity index (χ0n) is 14.4. The van der Waals surface area contributed by atoms with Gasteiger partial charge in [-0.05, 0) is 30.2 Å². The van der Waals surface area contributed by atoms with Gasteiger partial charge in [-0.1, -0.05) is 36.4 Å². The average Bonchev–Trinajstić information content (AvgIpc) is 2.96. The summed E-state index contributed by atoms with van der Waals surface area (Å²) in [5.41, 5.74) is 3.59. The van der Waals surface area contributed by atoms with Crippen molar-refractivity contribution in [1.29, 1.82) is 0 Å². The second-order valence-electron chi connectivity index (χ2n) is 5.69. The lowest BCUT2D eigenvalue weighted by molar-refractivity contribution is 0.262. The molecule has 0 unspecified atom stereocenters. The highest BCUT2D eigenvalue weighted by atomic mass is 16.5. The van der Waals surface area contributed by atoms with Crippen molar-refractivity contribution < 1.29 is 9.53 Å². The van der Waals surface area contributed by atoms with Crippen molar-refractivity contribution in [3.05, 3.63) is 60.2 Å². The van der Waals surface area contributed by atoms with Crippen molar-refractivity contribution in [3.8, 4) is 17.0 Å². The zero-order valence-corrected chi connectivity index (χ0v) is 14.4. The number of rotatable bonds is 4. The Balaban J connectivity index is 1.75. The molecule has 2 amide bonds. The summed E-state index contributed by atoms with van der Waals surface area (Å²) in [6.07, 6.45) is 0. The van der Waals surface area contributed by atoms with E-state index in [4.69, 9.17) is 4.74 Å². The number of hydrogen-bond donors (Lipinski definition) is 2. The van der Waals surface area contributed by atoms with E-state index in [1.807, 2.05) is 68.6 Å². The van der Waals surface area contributed by atoms with Crippen molar-refractivity contribution in [3.63, 3.8) is 0 Å². The molecule has 0 atom stereocenters. The number of nitrogens with zero attached hydrogens (tertiary/aromatic N) is 2. The highest BCUT2D eigenvalue weighted by Crippen LogP contribution is 2.26. The van der Waals surface area contributed by atoms with E-state index in [0.29, 0.717) is 17.3 Å². The Morgan fingerprint density at radius 1 is 1.08 bits per heavy atom. The minimum atomic E-state index is -0.374. The molecule has 0 fully saturated rings. The summed E-state index contributed by atoms with van der Waals surface area (Å²) >= 11 is 0. The van der Waals surface area contributed by atoms with E-state index in [2.05, 4.69) is 15.7 Å².